The van der Waals surface area contributed by atoms with Crippen molar-refractivity contribution in [3.8, 4) is 5.75 Å². The predicted molar refractivity (Wildman–Crippen MR) is 99.7 cm³/mol. The Kier molecular flexibility index (Phi) is 6.02. The number of aryl methyl sites for hydroxylation is 1. The molecule has 1 saturated heterocycles. The summed E-state index contributed by atoms with van der Waals surface area (Å²) >= 11 is 0. The predicted octanol–water partition coefficient (Wildman–Crippen LogP) is 4.34. The first-order valence-electron chi connectivity index (χ1n) is 8.70. The number of benzene rings is 2. The maximum Gasteiger partial charge on any atom is 0.248 e. The first-order chi connectivity index (χ1) is 12.6. The average Bonchev–Trinajstić information content (AvgIpc) is 3.14. The minimum atomic E-state index is -0.337. The van der Waals surface area contributed by atoms with E-state index in [1.807, 2.05) is 25.1 Å². The van der Waals surface area contributed by atoms with Gasteiger partial charge < -0.3 is 14.8 Å². The number of carbonyl (C=O) groups is 1. The monoisotopic (exact) mass is 355 g/mol. The van der Waals surface area contributed by atoms with Gasteiger partial charge in [-0.25, -0.2) is 4.39 Å². The molecular formula is C21H22FNO3. The van der Waals surface area contributed by atoms with Gasteiger partial charge in [0.2, 0.25) is 5.91 Å². The van der Waals surface area contributed by atoms with Crippen LogP contribution in [0.2, 0.25) is 0 Å². The molecule has 2 aromatic carbocycles. The van der Waals surface area contributed by atoms with Gasteiger partial charge in [-0.15, -0.1) is 0 Å². The molecule has 2 aromatic rings. The summed E-state index contributed by atoms with van der Waals surface area (Å²) in [6.07, 6.45) is 5.09. The number of carbonyl (C=O) groups excluding carboxylic acids is 1. The molecule has 0 bridgehead atoms. The van der Waals surface area contributed by atoms with Gasteiger partial charge in [-0.3, -0.25) is 4.79 Å². The van der Waals surface area contributed by atoms with Crippen LogP contribution in [0.5, 0.6) is 5.75 Å². The summed E-state index contributed by atoms with van der Waals surface area (Å²) in [5.41, 5.74) is 2.27. The van der Waals surface area contributed by atoms with Crippen molar-refractivity contribution < 1.29 is 18.7 Å². The zero-order valence-electron chi connectivity index (χ0n) is 14.7. The summed E-state index contributed by atoms with van der Waals surface area (Å²) in [4.78, 5) is 12.2. The average molecular weight is 355 g/mol. The Hall–Kier alpha value is -2.66. The molecule has 0 spiro atoms. The Morgan fingerprint density at radius 1 is 1.35 bits per heavy atom. The first-order valence-corrected chi connectivity index (χ1v) is 8.70. The molecule has 1 fully saturated rings. The van der Waals surface area contributed by atoms with E-state index in [2.05, 4.69) is 5.32 Å². The molecule has 4 nitrogen and oxygen atoms in total. The van der Waals surface area contributed by atoms with Gasteiger partial charge in [-0.05, 0) is 61.2 Å². The SMILES string of the molecule is Cc1ccc(NC(=O)/C=C/c2cccc(F)c2)c(OCC2CCCO2)c1. The van der Waals surface area contributed by atoms with Crippen molar-refractivity contribution in [2.24, 2.45) is 0 Å². The second kappa shape index (κ2) is 8.63. The molecule has 1 heterocycles. The number of halogens is 1. The molecule has 1 atom stereocenters. The van der Waals surface area contributed by atoms with Crippen molar-refractivity contribution in [3.05, 3.63) is 65.5 Å². The molecule has 0 aliphatic carbocycles. The molecule has 0 radical (unpaired) electrons. The summed E-state index contributed by atoms with van der Waals surface area (Å²) in [5.74, 6) is -0.0241. The second-order valence-electron chi connectivity index (χ2n) is 6.32. The van der Waals surface area contributed by atoms with Gasteiger partial charge in [-0.1, -0.05) is 18.2 Å². The van der Waals surface area contributed by atoms with Gasteiger partial charge in [-0.2, -0.15) is 0 Å². The van der Waals surface area contributed by atoms with Gasteiger partial charge in [0.05, 0.1) is 11.8 Å². The van der Waals surface area contributed by atoms with Crippen molar-refractivity contribution in [1.82, 2.24) is 0 Å². The van der Waals surface area contributed by atoms with Crippen LogP contribution in [0.1, 0.15) is 24.0 Å². The maximum atomic E-state index is 13.2. The number of rotatable bonds is 6. The lowest BCUT2D eigenvalue weighted by Crippen LogP contribution is -2.17. The first kappa shape index (κ1) is 18.1. The lowest BCUT2D eigenvalue weighted by molar-refractivity contribution is -0.111. The highest BCUT2D eigenvalue weighted by Gasteiger charge is 2.17. The molecule has 1 aliphatic heterocycles. The molecule has 1 N–H and O–H groups in total. The normalized spacial score (nSPS) is 16.8. The quantitative estimate of drug-likeness (QED) is 0.784. The molecule has 1 amide bonds. The van der Waals surface area contributed by atoms with Gasteiger partial charge in [0.1, 0.15) is 18.2 Å². The number of amides is 1. The van der Waals surface area contributed by atoms with Crippen LogP contribution in [0.4, 0.5) is 10.1 Å². The van der Waals surface area contributed by atoms with Crippen molar-refractivity contribution in [3.63, 3.8) is 0 Å². The van der Waals surface area contributed by atoms with Crippen molar-refractivity contribution in [2.45, 2.75) is 25.9 Å². The van der Waals surface area contributed by atoms with Crippen LogP contribution in [-0.4, -0.2) is 25.2 Å². The number of hydrogen-bond donors (Lipinski definition) is 1. The molecule has 1 aliphatic rings. The number of nitrogens with one attached hydrogen (secondary N) is 1. The van der Waals surface area contributed by atoms with Crippen molar-refractivity contribution in [2.75, 3.05) is 18.5 Å². The summed E-state index contributed by atoms with van der Waals surface area (Å²) in [7, 11) is 0. The van der Waals surface area contributed by atoms with E-state index < -0.39 is 0 Å². The molecule has 5 heteroatoms. The Balaban J connectivity index is 1.65. The summed E-state index contributed by atoms with van der Waals surface area (Å²) in [6.45, 7) is 3.20. The van der Waals surface area contributed by atoms with Crippen LogP contribution in [0.25, 0.3) is 6.08 Å². The molecule has 136 valence electrons. The molecule has 0 saturated carbocycles. The standard InChI is InChI=1S/C21H22FNO3/c1-15-7-9-19(20(12-15)26-14-18-6-3-11-25-18)23-21(24)10-8-16-4-2-5-17(22)13-16/h2,4-5,7-10,12-13,18H,3,6,11,14H2,1H3,(H,23,24)/b10-8+. The third-order valence-corrected chi connectivity index (χ3v) is 4.12. The van der Waals surface area contributed by atoms with Gasteiger partial charge in [0, 0.05) is 12.7 Å². The highest BCUT2D eigenvalue weighted by Crippen LogP contribution is 2.27. The lowest BCUT2D eigenvalue weighted by atomic mass is 10.2. The Morgan fingerprint density at radius 2 is 2.23 bits per heavy atom. The largest absolute Gasteiger partial charge is 0.489 e. The van der Waals surface area contributed by atoms with E-state index in [1.54, 1.807) is 18.2 Å². The molecule has 0 aromatic heterocycles. The van der Waals surface area contributed by atoms with E-state index in [0.29, 0.717) is 23.6 Å². The fourth-order valence-electron chi connectivity index (χ4n) is 2.77. The molecule has 26 heavy (non-hydrogen) atoms. The second-order valence-corrected chi connectivity index (χ2v) is 6.32. The minimum Gasteiger partial charge on any atom is -0.489 e. The third kappa shape index (κ3) is 5.17. The minimum absolute atomic E-state index is 0.104. The van der Waals surface area contributed by atoms with Gasteiger partial charge in [0.15, 0.2) is 0 Å². The van der Waals surface area contributed by atoms with Crippen LogP contribution < -0.4 is 10.1 Å². The smallest absolute Gasteiger partial charge is 0.248 e. The van der Waals surface area contributed by atoms with Gasteiger partial charge >= 0.3 is 0 Å². The number of hydrogen-bond acceptors (Lipinski definition) is 3. The number of ether oxygens (including phenoxy) is 2. The van der Waals surface area contributed by atoms with Gasteiger partial charge in [0.25, 0.3) is 0 Å². The topological polar surface area (TPSA) is 47.6 Å². The highest BCUT2D eigenvalue weighted by molar-refractivity contribution is 6.02. The van der Waals surface area contributed by atoms with E-state index >= 15 is 0 Å². The van der Waals surface area contributed by atoms with Crippen LogP contribution in [-0.2, 0) is 9.53 Å². The maximum absolute atomic E-state index is 13.2. The molecular weight excluding hydrogens is 333 g/mol. The number of anilines is 1. The zero-order valence-corrected chi connectivity index (χ0v) is 14.7. The Bertz CT molecular complexity index is 798. The van der Waals surface area contributed by atoms with E-state index in [4.69, 9.17) is 9.47 Å². The summed E-state index contributed by atoms with van der Waals surface area (Å²) in [6, 6.07) is 11.7. The van der Waals surface area contributed by atoms with Crippen LogP contribution >= 0.6 is 0 Å². The lowest BCUT2D eigenvalue weighted by Gasteiger charge is -2.15. The summed E-state index contributed by atoms with van der Waals surface area (Å²) < 4.78 is 24.6. The fourth-order valence-corrected chi connectivity index (χ4v) is 2.77. The van der Waals surface area contributed by atoms with Crippen LogP contribution in [0.15, 0.2) is 48.5 Å². The molecule has 3 rings (SSSR count). The Morgan fingerprint density at radius 3 is 3.00 bits per heavy atom. The third-order valence-electron chi connectivity index (χ3n) is 4.12. The zero-order chi connectivity index (χ0) is 18.4. The van der Waals surface area contributed by atoms with Crippen molar-refractivity contribution in [1.29, 1.82) is 0 Å². The van der Waals surface area contributed by atoms with Crippen LogP contribution in [0.3, 0.4) is 0 Å². The van der Waals surface area contributed by atoms with E-state index in [9.17, 15) is 9.18 Å². The van der Waals surface area contributed by atoms with Crippen LogP contribution in [0, 0.1) is 12.7 Å². The fraction of sp³-hybridized carbons (Fsp3) is 0.286. The van der Waals surface area contributed by atoms with E-state index in [0.717, 1.165) is 25.0 Å². The van der Waals surface area contributed by atoms with E-state index in [-0.39, 0.29) is 17.8 Å². The molecule has 1 unspecified atom stereocenters. The van der Waals surface area contributed by atoms with Crippen molar-refractivity contribution >= 4 is 17.7 Å². The summed E-state index contributed by atoms with van der Waals surface area (Å²) in [5, 5.41) is 2.81. The highest BCUT2D eigenvalue weighted by atomic mass is 19.1. The Labute approximate surface area is 152 Å². The van der Waals surface area contributed by atoms with E-state index in [1.165, 1.54) is 18.2 Å².